The maximum absolute atomic E-state index is 5.72. The quantitative estimate of drug-likeness (QED) is 0.814. The Balaban J connectivity index is 1.72. The van der Waals surface area contributed by atoms with Crippen LogP contribution < -0.4 is 5.32 Å². The summed E-state index contributed by atoms with van der Waals surface area (Å²) < 4.78 is 5.72. The van der Waals surface area contributed by atoms with Gasteiger partial charge in [0.25, 0.3) is 0 Å². The third-order valence-electron chi connectivity index (χ3n) is 3.53. The molecule has 2 atom stereocenters. The normalized spacial score (nSPS) is 27.9. The van der Waals surface area contributed by atoms with Gasteiger partial charge in [-0.05, 0) is 31.4 Å². The first-order valence-corrected chi connectivity index (χ1v) is 6.11. The van der Waals surface area contributed by atoms with E-state index in [2.05, 4.69) is 29.6 Å². The van der Waals surface area contributed by atoms with E-state index in [1.807, 2.05) is 12.3 Å². The van der Waals surface area contributed by atoms with Crippen LogP contribution in [0.4, 0.5) is 5.69 Å². The van der Waals surface area contributed by atoms with Gasteiger partial charge >= 0.3 is 0 Å². The molecule has 1 saturated carbocycles. The molecule has 2 heteroatoms. The van der Waals surface area contributed by atoms with Gasteiger partial charge in [-0.15, -0.1) is 0 Å². The number of nitrogens with one attached hydrogen (secondary N) is 1. The molecule has 2 nitrogen and oxygen atoms in total. The SMILES string of the molecule is C1=C(Nc2ccccc2)C2CCCCC2O1. The van der Waals surface area contributed by atoms with Crippen molar-refractivity contribution >= 4 is 5.69 Å². The number of benzene rings is 1. The van der Waals surface area contributed by atoms with Crippen LogP contribution in [-0.2, 0) is 4.74 Å². The van der Waals surface area contributed by atoms with E-state index >= 15 is 0 Å². The van der Waals surface area contributed by atoms with E-state index in [1.54, 1.807) is 0 Å². The van der Waals surface area contributed by atoms with Crippen molar-refractivity contribution in [3.63, 3.8) is 0 Å². The summed E-state index contributed by atoms with van der Waals surface area (Å²) in [6.07, 6.45) is 7.47. The molecule has 1 heterocycles. The van der Waals surface area contributed by atoms with Crippen LogP contribution in [0, 0.1) is 5.92 Å². The number of fused-ring (bicyclic) bond motifs is 1. The van der Waals surface area contributed by atoms with E-state index in [0.717, 1.165) is 5.69 Å². The van der Waals surface area contributed by atoms with Crippen molar-refractivity contribution in [2.45, 2.75) is 31.8 Å². The second-order valence-corrected chi connectivity index (χ2v) is 4.63. The van der Waals surface area contributed by atoms with Gasteiger partial charge in [-0.25, -0.2) is 0 Å². The highest BCUT2D eigenvalue weighted by Gasteiger charge is 2.33. The fourth-order valence-electron chi connectivity index (χ4n) is 2.67. The van der Waals surface area contributed by atoms with Crippen LogP contribution in [0.25, 0.3) is 0 Å². The molecular weight excluding hydrogens is 198 g/mol. The van der Waals surface area contributed by atoms with E-state index in [-0.39, 0.29) is 0 Å². The fourth-order valence-corrected chi connectivity index (χ4v) is 2.67. The number of hydrogen-bond acceptors (Lipinski definition) is 2. The Morgan fingerprint density at radius 2 is 1.88 bits per heavy atom. The molecule has 0 amide bonds. The first-order valence-electron chi connectivity index (χ1n) is 6.11. The first-order chi connectivity index (χ1) is 7.93. The Labute approximate surface area is 96.3 Å². The maximum Gasteiger partial charge on any atom is 0.106 e. The lowest BCUT2D eigenvalue weighted by molar-refractivity contribution is 0.0995. The van der Waals surface area contributed by atoms with Crippen LogP contribution in [-0.4, -0.2) is 6.10 Å². The summed E-state index contributed by atoms with van der Waals surface area (Å²) in [6.45, 7) is 0. The van der Waals surface area contributed by atoms with Crippen molar-refractivity contribution in [2.24, 2.45) is 5.92 Å². The highest BCUT2D eigenvalue weighted by atomic mass is 16.5. The summed E-state index contributed by atoms with van der Waals surface area (Å²) in [5, 5.41) is 3.48. The van der Waals surface area contributed by atoms with Crippen molar-refractivity contribution in [2.75, 3.05) is 5.32 Å². The monoisotopic (exact) mass is 215 g/mol. The molecule has 1 aliphatic carbocycles. The smallest absolute Gasteiger partial charge is 0.106 e. The summed E-state index contributed by atoms with van der Waals surface area (Å²) in [6, 6.07) is 10.3. The average Bonchev–Trinajstić information content (AvgIpc) is 2.74. The van der Waals surface area contributed by atoms with Crippen LogP contribution in [0.15, 0.2) is 42.3 Å². The first kappa shape index (κ1) is 9.76. The minimum atomic E-state index is 0.431. The molecule has 0 saturated heterocycles. The van der Waals surface area contributed by atoms with Crippen molar-refractivity contribution in [1.82, 2.24) is 0 Å². The third-order valence-corrected chi connectivity index (χ3v) is 3.53. The molecule has 0 radical (unpaired) electrons. The lowest BCUT2D eigenvalue weighted by atomic mass is 9.85. The standard InChI is InChI=1S/C14H17NO/c1-2-6-11(7-3-1)15-13-10-16-14-9-5-4-8-12(13)14/h1-3,6-7,10,12,14-15H,4-5,8-9H2. The van der Waals surface area contributed by atoms with Gasteiger partial charge < -0.3 is 10.1 Å². The number of ether oxygens (including phenoxy) is 1. The largest absolute Gasteiger partial charge is 0.496 e. The summed E-state index contributed by atoms with van der Waals surface area (Å²) in [5.74, 6) is 0.592. The zero-order valence-corrected chi connectivity index (χ0v) is 9.36. The molecule has 1 N–H and O–H groups in total. The van der Waals surface area contributed by atoms with Crippen LogP contribution >= 0.6 is 0 Å². The predicted octanol–water partition coefficient (Wildman–Crippen LogP) is 3.53. The molecule has 2 aliphatic rings. The fraction of sp³-hybridized carbons (Fsp3) is 0.429. The zero-order valence-electron chi connectivity index (χ0n) is 9.36. The third kappa shape index (κ3) is 1.80. The van der Waals surface area contributed by atoms with Crippen LogP contribution in [0.5, 0.6) is 0 Å². The summed E-state index contributed by atoms with van der Waals surface area (Å²) in [7, 11) is 0. The molecule has 1 fully saturated rings. The molecule has 84 valence electrons. The number of hydrogen-bond donors (Lipinski definition) is 1. The highest BCUT2D eigenvalue weighted by Crippen LogP contribution is 2.37. The van der Waals surface area contributed by atoms with Gasteiger partial charge in [0.05, 0.1) is 5.70 Å². The number of para-hydroxylation sites is 1. The van der Waals surface area contributed by atoms with Crippen LogP contribution in [0.2, 0.25) is 0 Å². The average molecular weight is 215 g/mol. The molecule has 0 bridgehead atoms. The van der Waals surface area contributed by atoms with E-state index in [1.165, 1.54) is 31.4 Å². The lowest BCUT2D eigenvalue weighted by Crippen LogP contribution is -2.24. The summed E-state index contributed by atoms with van der Waals surface area (Å²) in [5.41, 5.74) is 2.42. The molecule has 1 aromatic carbocycles. The minimum Gasteiger partial charge on any atom is -0.496 e. The molecule has 2 unspecified atom stereocenters. The molecule has 0 spiro atoms. The van der Waals surface area contributed by atoms with E-state index in [9.17, 15) is 0 Å². The zero-order chi connectivity index (χ0) is 10.8. The Morgan fingerprint density at radius 1 is 1.06 bits per heavy atom. The van der Waals surface area contributed by atoms with Gasteiger partial charge in [0, 0.05) is 11.6 Å². The molecule has 1 aromatic rings. The van der Waals surface area contributed by atoms with Crippen molar-refractivity contribution in [3.05, 3.63) is 42.3 Å². The van der Waals surface area contributed by atoms with E-state index in [0.29, 0.717) is 12.0 Å². The summed E-state index contributed by atoms with van der Waals surface area (Å²) >= 11 is 0. The highest BCUT2D eigenvalue weighted by molar-refractivity contribution is 5.48. The van der Waals surface area contributed by atoms with Gasteiger partial charge in [0.2, 0.25) is 0 Å². The Hall–Kier alpha value is -1.44. The van der Waals surface area contributed by atoms with Gasteiger partial charge in [-0.2, -0.15) is 0 Å². The van der Waals surface area contributed by atoms with Gasteiger partial charge in [-0.3, -0.25) is 0 Å². The van der Waals surface area contributed by atoms with Crippen molar-refractivity contribution in [3.8, 4) is 0 Å². The second-order valence-electron chi connectivity index (χ2n) is 4.63. The Morgan fingerprint density at radius 3 is 2.75 bits per heavy atom. The minimum absolute atomic E-state index is 0.431. The lowest BCUT2D eigenvalue weighted by Gasteiger charge is -2.26. The Kier molecular flexibility index (Phi) is 2.56. The van der Waals surface area contributed by atoms with Gasteiger partial charge in [0.15, 0.2) is 0 Å². The molecule has 0 aromatic heterocycles. The summed E-state index contributed by atoms with van der Waals surface area (Å²) in [4.78, 5) is 0. The van der Waals surface area contributed by atoms with Crippen LogP contribution in [0.1, 0.15) is 25.7 Å². The second kappa shape index (κ2) is 4.20. The van der Waals surface area contributed by atoms with Crippen molar-refractivity contribution in [1.29, 1.82) is 0 Å². The molecule has 3 rings (SSSR count). The number of anilines is 1. The van der Waals surface area contributed by atoms with E-state index < -0.39 is 0 Å². The van der Waals surface area contributed by atoms with Gasteiger partial charge in [-0.1, -0.05) is 24.6 Å². The molecular formula is C14H17NO. The number of rotatable bonds is 2. The Bertz CT molecular complexity index is 385. The van der Waals surface area contributed by atoms with E-state index in [4.69, 9.17) is 4.74 Å². The maximum atomic E-state index is 5.72. The van der Waals surface area contributed by atoms with Gasteiger partial charge in [0.1, 0.15) is 12.4 Å². The van der Waals surface area contributed by atoms with Crippen LogP contribution in [0.3, 0.4) is 0 Å². The molecule has 1 aliphatic heterocycles. The topological polar surface area (TPSA) is 21.3 Å². The van der Waals surface area contributed by atoms with Crippen molar-refractivity contribution < 1.29 is 4.74 Å². The predicted molar refractivity (Wildman–Crippen MR) is 65.0 cm³/mol. The molecule has 16 heavy (non-hydrogen) atoms.